The monoisotopic (exact) mass is 342 g/mol. The molecule has 1 aromatic carbocycles. The molecule has 25 heavy (non-hydrogen) atoms. The van der Waals surface area contributed by atoms with Crippen molar-refractivity contribution in [3.05, 3.63) is 53.1 Å². The van der Waals surface area contributed by atoms with E-state index in [0.717, 1.165) is 0 Å². The Morgan fingerprint density at radius 1 is 1.36 bits per heavy atom. The molecule has 1 saturated heterocycles. The number of benzene rings is 1. The van der Waals surface area contributed by atoms with Crippen molar-refractivity contribution in [1.82, 2.24) is 10.3 Å². The zero-order valence-corrected chi connectivity index (χ0v) is 13.6. The number of carbonyl (C=O) groups is 1. The number of piperidine rings is 1. The minimum Gasteiger partial charge on any atom is -0.393 e. The molecule has 0 atom stereocenters. The lowest BCUT2D eigenvalue weighted by Gasteiger charge is -2.31. The second kappa shape index (κ2) is 7.36. The minimum atomic E-state index is -0.351. The van der Waals surface area contributed by atoms with Gasteiger partial charge in [0.25, 0.3) is 5.91 Å². The second-order valence-electron chi connectivity index (χ2n) is 6.08. The van der Waals surface area contributed by atoms with Gasteiger partial charge in [-0.25, -0.2) is 4.39 Å². The summed E-state index contributed by atoms with van der Waals surface area (Å²) >= 11 is 0. The Hall–Kier alpha value is -2.85. The molecule has 0 spiro atoms. The lowest BCUT2D eigenvalue weighted by atomic mass is 10.1. The topological polar surface area (TPSA) is 92.2 Å². The zero-order valence-electron chi connectivity index (χ0n) is 13.6. The molecule has 1 aliphatic rings. The van der Waals surface area contributed by atoms with E-state index in [1.165, 1.54) is 18.2 Å². The fourth-order valence-corrected chi connectivity index (χ4v) is 2.89. The van der Waals surface area contributed by atoms with Crippen molar-refractivity contribution in [1.29, 1.82) is 5.26 Å². The molecule has 2 aromatic rings. The maximum atomic E-state index is 14.4. The average Bonchev–Trinajstić information content (AvgIpc) is 3.10. The molecule has 1 aliphatic heterocycles. The van der Waals surface area contributed by atoms with E-state index in [4.69, 9.17) is 5.26 Å². The first kappa shape index (κ1) is 17.0. The molecule has 0 bridgehead atoms. The third-order valence-electron chi connectivity index (χ3n) is 4.32. The van der Waals surface area contributed by atoms with E-state index in [1.807, 2.05) is 11.0 Å². The molecular formula is C18H19FN4O2. The van der Waals surface area contributed by atoms with E-state index < -0.39 is 0 Å². The number of aliphatic hydroxyl groups is 1. The maximum absolute atomic E-state index is 14.4. The van der Waals surface area contributed by atoms with E-state index >= 15 is 0 Å². The van der Waals surface area contributed by atoms with Crippen LogP contribution in [0.15, 0.2) is 30.3 Å². The number of nitrogens with zero attached hydrogens (tertiary/aromatic N) is 2. The van der Waals surface area contributed by atoms with Crippen molar-refractivity contribution in [3.8, 4) is 6.07 Å². The van der Waals surface area contributed by atoms with E-state index in [9.17, 15) is 14.3 Å². The van der Waals surface area contributed by atoms with Crippen LogP contribution >= 0.6 is 0 Å². The van der Waals surface area contributed by atoms with Crippen molar-refractivity contribution in [2.75, 3.05) is 18.0 Å². The molecular weight excluding hydrogens is 323 g/mol. The summed E-state index contributed by atoms with van der Waals surface area (Å²) in [5.41, 5.74) is 1.77. The summed E-state index contributed by atoms with van der Waals surface area (Å²) in [6.45, 7) is 1.44. The Kier molecular flexibility index (Phi) is 5.00. The van der Waals surface area contributed by atoms with Gasteiger partial charge in [0, 0.05) is 19.6 Å². The first-order chi connectivity index (χ1) is 12.1. The summed E-state index contributed by atoms with van der Waals surface area (Å²) in [6.07, 6.45) is 0.972. The van der Waals surface area contributed by atoms with Gasteiger partial charge in [-0.05, 0) is 42.7 Å². The fourth-order valence-electron chi connectivity index (χ4n) is 2.89. The summed E-state index contributed by atoms with van der Waals surface area (Å²) in [6, 6.07) is 9.87. The predicted octanol–water partition coefficient (Wildman–Crippen LogP) is 1.92. The number of aromatic nitrogens is 1. The van der Waals surface area contributed by atoms with Gasteiger partial charge in [0.15, 0.2) is 0 Å². The SMILES string of the molecule is N#Cc1ccc(C(=O)NCc2ccc(N3CCC(O)CC3)c(F)c2)[nH]1. The minimum absolute atomic E-state index is 0.190. The molecule has 0 radical (unpaired) electrons. The number of H-pyrrole nitrogens is 1. The van der Waals surface area contributed by atoms with Gasteiger partial charge in [0.2, 0.25) is 0 Å². The molecule has 0 saturated carbocycles. The summed E-state index contributed by atoms with van der Waals surface area (Å²) in [7, 11) is 0. The normalized spacial score (nSPS) is 15.0. The third kappa shape index (κ3) is 3.98. The van der Waals surface area contributed by atoms with Crippen LogP contribution in [-0.2, 0) is 6.54 Å². The molecule has 0 aliphatic carbocycles. The molecule has 0 unspecified atom stereocenters. The molecule has 7 heteroatoms. The van der Waals surface area contributed by atoms with Crippen LogP contribution in [0.1, 0.15) is 34.6 Å². The Balaban J connectivity index is 1.61. The molecule has 3 N–H and O–H groups in total. The standard InChI is InChI=1S/C18H19FN4O2/c19-15-9-12(1-4-17(15)23-7-5-14(24)6-8-23)11-21-18(25)16-3-2-13(10-20)22-16/h1-4,9,14,22,24H,5-8,11H2,(H,21,25). The zero-order chi connectivity index (χ0) is 17.8. The highest BCUT2D eigenvalue weighted by atomic mass is 19.1. The summed E-state index contributed by atoms with van der Waals surface area (Å²) in [5, 5.41) is 21.0. The number of carbonyl (C=O) groups excluding carboxylic acids is 1. The van der Waals surface area contributed by atoms with Crippen LogP contribution in [0, 0.1) is 17.1 Å². The van der Waals surface area contributed by atoms with Crippen molar-refractivity contribution < 1.29 is 14.3 Å². The molecule has 1 fully saturated rings. The second-order valence-corrected chi connectivity index (χ2v) is 6.08. The van der Waals surface area contributed by atoms with Gasteiger partial charge in [-0.15, -0.1) is 0 Å². The van der Waals surface area contributed by atoms with Gasteiger partial charge in [-0.1, -0.05) is 6.07 Å². The van der Waals surface area contributed by atoms with Crippen molar-refractivity contribution in [2.24, 2.45) is 0 Å². The van der Waals surface area contributed by atoms with Crippen molar-refractivity contribution in [2.45, 2.75) is 25.5 Å². The van der Waals surface area contributed by atoms with Gasteiger partial charge in [0.1, 0.15) is 23.3 Å². The Labute approximate surface area is 144 Å². The lowest BCUT2D eigenvalue weighted by molar-refractivity contribution is 0.0946. The molecule has 1 aromatic heterocycles. The van der Waals surface area contributed by atoms with E-state index in [0.29, 0.717) is 48.6 Å². The first-order valence-corrected chi connectivity index (χ1v) is 8.15. The van der Waals surface area contributed by atoms with Crippen LogP contribution in [-0.4, -0.2) is 35.2 Å². The highest BCUT2D eigenvalue weighted by Crippen LogP contribution is 2.24. The fraction of sp³-hybridized carbons (Fsp3) is 0.333. The van der Waals surface area contributed by atoms with Crippen LogP contribution in [0.2, 0.25) is 0 Å². The number of halogens is 1. The van der Waals surface area contributed by atoms with Gasteiger partial charge >= 0.3 is 0 Å². The number of aliphatic hydroxyl groups excluding tert-OH is 1. The number of anilines is 1. The molecule has 1 amide bonds. The summed E-state index contributed by atoms with van der Waals surface area (Å²) in [5.74, 6) is -0.689. The van der Waals surface area contributed by atoms with Gasteiger partial charge in [-0.2, -0.15) is 5.26 Å². The molecule has 2 heterocycles. The number of hydrogen-bond donors (Lipinski definition) is 3. The Bertz CT molecular complexity index is 804. The highest BCUT2D eigenvalue weighted by Gasteiger charge is 2.19. The Morgan fingerprint density at radius 3 is 2.76 bits per heavy atom. The largest absolute Gasteiger partial charge is 0.393 e. The molecule has 130 valence electrons. The van der Waals surface area contributed by atoms with Gasteiger partial charge < -0.3 is 20.3 Å². The number of nitrogens with one attached hydrogen (secondary N) is 2. The highest BCUT2D eigenvalue weighted by molar-refractivity contribution is 5.92. The average molecular weight is 342 g/mol. The van der Waals surface area contributed by atoms with Crippen LogP contribution in [0.5, 0.6) is 0 Å². The smallest absolute Gasteiger partial charge is 0.267 e. The number of hydrogen-bond acceptors (Lipinski definition) is 4. The van der Waals surface area contributed by atoms with Crippen LogP contribution in [0.3, 0.4) is 0 Å². The Morgan fingerprint density at radius 2 is 2.12 bits per heavy atom. The van der Waals surface area contributed by atoms with E-state index in [2.05, 4.69) is 10.3 Å². The quantitative estimate of drug-likeness (QED) is 0.791. The van der Waals surface area contributed by atoms with E-state index in [-0.39, 0.29) is 24.4 Å². The summed E-state index contributed by atoms with van der Waals surface area (Å²) < 4.78 is 14.4. The first-order valence-electron chi connectivity index (χ1n) is 8.15. The number of aromatic amines is 1. The van der Waals surface area contributed by atoms with Crippen molar-refractivity contribution >= 4 is 11.6 Å². The number of rotatable bonds is 4. The number of nitriles is 1. The van der Waals surface area contributed by atoms with Crippen molar-refractivity contribution in [3.63, 3.8) is 0 Å². The van der Waals surface area contributed by atoms with Crippen LogP contribution < -0.4 is 10.2 Å². The summed E-state index contributed by atoms with van der Waals surface area (Å²) in [4.78, 5) is 16.6. The van der Waals surface area contributed by atoms with Gasteiger partial charge in [-0.3, -0.25) is 4.79 Å². The van der Waals surface area contributed by atoms with E-state index in [1.54, 1.807) is 12.1 Å². The number of amides is 1. The van der Waals surface area contributed by atoms with Crippen LogP contribution in [0.25, 0.3) is 0 Å². The predicted molar refractivity (Wildman–Crippen MR) is 90.5 cm³/mol. The molecule has 3 rings (SSSR count). The molecule has 6 nitrogen and oxygen atoms in total. The lowest BCUT2D eigenvalue weighted by Crippen LogP contribution is -2.36. The third-order valence-corrected chi connectivity index (χ3v) is 4.32. The van der Waals surface area contributed by atoms with Gasteiger partial charge in [0.05, 0.1) is 11.8 Å². The maximum Gasteiger partial charge on any atom is 0.267 e. The van der Waals surface area contributed by atoms with Crippen LogP contribution in [0.4, 0.5) is 10.1 Å².